The monoisotopic (exact) mass is 341 g/mol. The maximum Gasteiger partial charge on any atom is 0.223 e. The van der Waals surface area contributed by atoms with E-state index in [0.717, 1.165) is 30.5 Å². The molecule has 0 saturated heterocycles. The van der Waals surface area contributed by atoms with Crippen molar-refractivity contribution in [2.45, 2.75) is 33.1 Å². The molecule has 112 valence electrons. The lowest BCUT2D eigenvalue weighted by molar-refractivity contribution is -0.122. The van der Waals surface area contributed by atoms with Gasteiger partial charge in [0.05, 0.1) is 13.0 Å². The van der Waals surface area contributed by atoms with Gasteiger partial charge in [-0.2, -0.15) is 0 Å². The molecule has 20 heavy (non-hydrogen) atoms. The molecule has 1 aromatic carbocycles. The van der Waals surface area contributed by atoms with E-state index in [-0.39, 0.29) is 11.3 Å². The molecule has 0 heterocycles. The highest BCUT2D eigenvalue weighted by Crippen LogP contribution is 2.27. The molecule has 0 aliphatic carbocycles. The van der Waals surface area contributed by atoms with Crippen LogP contribution in [0.25, 0.3) is 0 Å². The second-order valence-electron chi connectivity index (χ2n) is 5.03. The summed E-state index contributed by atoms with van der Waals surface area (Å²) in [5.41, 5.74) is 0.163. The zero-order chi connectivity index (χ0) is 14.8. The van der Waals surface area contributed by atoms with E-state index in [2.05, 4.69) is 35.1 Å². The second-order valence-corrected chi connectivity index (χ2v) is 5.59. The van der Waals surface area contributed by atoms with Gasteiger partial charge < -0.3 is 10.1 Å². The third kappa shape index (κ3) is 5.53. The molecular formula is C16H24BrNO2. The topological polar surface area (TPSA) is 38.3 Å². The molecule has 0 atom stereocenters. The van der Waals surface area contributed by atoms with Crippen LogP contribution in [0, 0.1) is 5.41 Å². The van der Waals surface area contributed by atoms with Crippen LogP contribution >= 0.6 is 15.9 Å². The van der Waals surface area contributed by atoms with Gasteiger partial charge in [-0.3, -0.25) is 4.79 Å². The number of benzene rings is 1. The fraction of sp³-hybridized carbons (Fsp3) is 0.562. The van der Waals surface area contributed by atoms with E-state index in [1.165, 1.54) is 0 Å². The van der Waals surface area contributed by atoms with Crippen LogP contribution in [-0.4, -0.2) is 24.4 Å². The number of alkyl halides is 1. The number of amides is 1. The molecule has 1 aromatic rings. The van der Waals surface area contributed by atoms with Crippen LogP contribution in [-0.2, 0) is 4.79 Å². The molecule has 0 fully saturated rings. The van der Waals surface area contributed by atoms with Gasteiger partial charge in [-0.15, -0.1) is 0 Å². The van der Waals surface area contributed by atoms with Crippen LogP contribution in [0.4, 0.5) is 0 Å². The van der Waals surface area contributed by atoms with Gasteiger partial charge in [-0.05, 0) is 30.4 Å². The van der Waals surface area contributed by atoms with Crippen LogP contribution in [0.2, 0.25) is 0 Å². The largest absolute Gasteiger partial charge is 0.493 e. The van der Waals surface area contributed by atoms with Gasteiger partial charge in [-0.25, -0.2) is 0 Å². The van der Waals surface area contributed by atoms with Crippen molar-refractivity contribution in [3.8, 4) is 5.75 Å². The zero-order valence-corrected chi connectivity index (χ0v) is 13.9. The minimum absolute atomic E-state index is 0.0492. The van der Waals surface area contributed by atoms with Crippen LogP contribution < -0.4 is 10.1 Å². The third-order valence-electron chi connectivity index (χ3n) is 3.79. The molecule has 4 heteroatoms. The predicted octanol–water partition coefficient (Wildman–Crippen LogP) is 3.77. The highest BCUT2D eigenvalue weighted by molar-refractivity contribution is 9.09. The number of carbonyl (C=O) groups excluding carboxylic acids is 1. The van der Waals surface area contributed by atoms with Gasteiger partial charge in [0.15, 0.2) is 0 Å². The summed E-state index contributed by atoms with van der Waals surface area (Å²) in [5.74, 6) is 0.852. The number of hydrogen-bond donors (Lipinski definition) is 1. The molecule has 0 saturated carbocycles. The summed E-state index contributed by atoms with van der Waals surface area (Å²) in [5, 5.41) is 3.92. The van der Waals surface area contributed by atoms with Crippen molar-refractivity contribution in [2.24, 2.45) is 5.41 Å². The number of halogens is 1. The van der Waals surface area contributed by atoms with Gasteiger partial charge >= 0.3 is 0 Å². The van der Waals surface area contributed by atoms with Gasteiger partial charge in [0.25, 0.3) is 0 Å². The Labute approximate surface area is 130 Å². The van der Waals surface area contributed by atoms with E-state index >= 15 is 0 Å². The standard InChI is InChI=1S/C16H24BrNO2/c1-3-16(4-2,12-17)13-18-15(19)10-11-20-14-8-6-5-7-9-14/h5-9H,3-4,10-13H2,1-2H3,(H,18,19). The van der Waals surface area contributed by atoms with Crippen LogP contribution in [0.5, 0.6) is 5.75 Å². The third-order valence-corrected chi connectivity index (χ3v) is 4.97. The summed E-state index contributed by atoms with van der Waals surface area (Å²) in [4.78, 5) is 11.8. The lowest BCUT2D eigenvalue weighted by atomic mass is 9.84. The number of para-hydroxylation sites is 1. The summed E-state index contributed by atoms with van der Waals surface area (Å²) in [7, 11) is 0. The summed E-state index contributed by atoms with van der Waals surface area (Å²) < 4.78 is 5.52. The van der Waals surface area contributed by atoms with Gasteiger partial charge in [-0.1, -0.05) is 48.0 Å². The van der Waals surface area contributed by atoms with Crippen molar-refractivity contribution in [1.29, 1.82) is 0 Å². The van der Waals surface area contributed by atoms with Crippen LogP contribution in [0.1, 0.15) is 33.1 Å². The minimum Gasteiger partial charge on any atom is -0.493 e. The zero-order valence-electron chi connectivity index (χ0n) is 12.3. The fourth-order valence-corrected chi connectivity index (χ4v) is 2.88. The Morgan fingerprint density at radius 3 is 2.45 bits per heavy atom. The van der Waals surface area contributed by atoms with E-state index in [1.54, 1.807) is 0 Å². The molecule has 0 radical (unpaired) electrons. The fourth-order valence-electron chi connectivity index (χ4n) is 1.89. The quantitative estimate of drug-likeness (QED) is 0.694. The Bertz CT molecular complexity index is 382. The normalized spacial score (nSPS) is 11.2. The molecule has 0 unspecified atom stereocenters. The average Bonchev–Trinajstić information content (AvgIpc) is 2.50. The van der Waals surface area contributed by atoms with Crippen molar-refractivity contribution in [3.63, 3.8) is 0 Å². The van der Waals surface area contributed by atoms with Crippen molar-refractivity contribution in [3.05, 3.63) is 30.3 Å². The summed E-state index contributed by atoms with van der Waals surface area (Å²) in [6.45, 7) is 5.45. The maximum absolute atomic E-state index is 11.8. The van der Waals surface area contributed by atoms with Crippen molar-refractivity contribution in [2.75, 3.05) is 18.5 Å². The number of rotatable bonds is 9. The van der Waals surface area contributed by atoms with E-state index in [4.69, 9.17) is 4.74 Å². The van der Waals surface area contributed by atoms with Crippen molar-refractivity contribution in [1.82, 2.24) is 5.32 Å². The van der Waals surface area contributed by atoms with Crippen LogP contribution in [0.15, 0.2) is 30.3 Å². The number of nitrogens with one attached hydrogen (secondary N) is 1. The molecule has 0 bridgehead atoms. The van der Waals surface area contributed by atoms with Gasteiger partial charge in [0, 0.05) is 11.9 Å². The first-order valence-corrected chi connectivity index (χ1v) is 8.28. The van der Waals surface area contributed by atoms with E-state index in [1.807, 2.05) is 30.3 Å². The first kappa shape index (κ1) is 17.0. The van der Waals surface area contributed by atoms with Crippen molar-refractivity contribution >= 4 is 21.8 Å². The number of hydrogen-bond acceptors (Lipinski definition) is 2. The Balaban J connectivity index is 2.27. The van der Waals surface area contributed by atoms with Crippen molar-refractivity contribution < 1.29 is 9.53 Å². The molecule has 3 nitrogen and oxygen atoms in total. The minimum atomic E-state index is 0.0492. The lowest BCUT2D eigenvalue weighted by Gasteiger charge is -2.29. The SMILES string of the molecule is CCC(CC)(CBr)CNC(=O)CCOc1ccccc1. The lowest BCUT2D eigenvalue weighted by Crippen LogP contribution is -2.38. The Morgan fingerprint density at radius 2 is 1.90 bits per heavy atom. The molecule has 1 rings (SSSR count). The molecular weight excluding hydrogens is 318 g/mol. The van der Waals surface area contributed by atoms with Gasteiger partial charge in [0.2, 0.25) is 5.91 Å². The van der Waals surface area contributed by atoms with E-state index < -0.39 is 0 Å². The van der Waals surface area contributed by atoms with Gasteiger partial charge in [0.1, 0.15) is 5.75 Å². The predicted molar refractivity (Wildman–Crippen MR) is 86.4 cm³/mol. The molecule has 0 aromatic heterocycles. The first-order valence-electron chi connectivity index (χ1n) is 7.16. The summed E-state index contributed by atoms with van der Waals surface area (Å²) in [6, 6.07) is 9.56. The Kier molecular flexibility index (Phi) is 7.67. The highest BCUT2D eigenvalue weighted by Gasteiger charge is 2.25. The first-order chi connectivity index (χ1) is 9.65. The molecule has 0 aliphatic rings. The smallest absolute Gasteiger partial charge is 0.223 e. The van der Waals surface area contributed by atoms with E-state index in [0.29, 0.717) is 13.0 Å². The summed E-state index contributed by atoms with van der Waals surface area (Å²) in [6.07, 6.45) is 2.49. The van der Waals surface area contributed by atoms with E-state index in [9.17, 15) is 4.79 Å². The van der Waals surface area contributed by atoms with Crippen LogP contribution in [0.3, 0.4) is 0 Å². The maximum atomic E-state index is 11.8. The molecule has 0 aliphatic heterocycles. The Morgan fingerprint density at radius 1 is 1.25 bits per heavy atom. The highest BCUT2D eigenvalue weighted by atomic mass is 79.9. The summed E-state index contributed by atoms with van der Waals surface area (Å²) >= 11 is 3.55. The number of ether oxygens (including phenoxy) is 1. The molecule has 1 amide bonds. The Hall–Kier alpha value is -1.03. The second kappa shape index (κ2) is 9.01. The number of carbonyl (C=O) groups is 1. The molecule has 1 N–H and O–H groups in total. The average molecular weight is 342 g/mol. The molecule has 0 spiro atoms.